The number of aryl methyl sites for hydroxylation is 1. The largest absolute Gasteiger partial charge is 0.327 e. The molecule has 0 saturated heterocycles. The molecule has 2 rings (SSSR count). The summed E-state index contributed by atoms with van der Waals surface area (Å²) < 4.78 is 1.94. The molecule has 96 valence electrons. The maximum absolute atomic E-state index is 6.21. The van der Waals surface area contributed by atoms with Crippen molar-refractivity contribution < 1.29 is 0 Å². The summed E-state index contributed by atoms with van der Waals surface area (Å²) in [7, 11) is 1.99. The van der Waals surface area contributed by atoms with E-state index in [1.54, 1.807) is 0 Å². The minimum atomic E-state index is 0.263. The van der Waals surface area contributed by atoms with Crippen LogP contribution < -0.4 is 5.73 Å². The summed E-state index contributed by atoms with van der Waals surface area (Å²) in [5, 5.41) is 4.51. The van der Waals surface area contributed by atoms with Crippen molar-refractivity contribution in [3.05, 3.63) is 11.6 Å². The molecule has 0 amide bonds. The number of aromatic nitrogens is 3. The Kier molecular flexibility index (Phi) is 3.82. The maximum Gasteiger partial charge on any atom is 0.151 e. The van der Waals surface area contributed by atoms with E-state index in [0.29, 0.717) is 11.8 Å². The normalized spacial score (nSPS) is 25.5. The first-order valence-corrected chi connectivity index (χ1v) is 6.73. The van der Waals surface area contributed by atoms with Gasteiger partial charge in [0.25, 0.3) is 0 Å². The molecule has 1 fully saturated rings. The lowest BCUT2D eigenvalue weighted by atomic mass is 9.84. The fraction of sp³-hybridized carbons (Fsp3) is 0.846. The van der Waals surface area contributed by atoms with Gasteiger partial charge < -0.3 is 5.73 Å². The molecule has 0 aromatic carbocycles. The lowest BCUT2D eigenvalue weighted by molar-refractivity contribution is 0.364. The van der Waals surface area contributed by atoms with Crippen molar-refractivity contribution in [1.82, 2.24) is 14.8 Å². The molecular weight excluding hydrogens is 212 g/mol. The van der Waals surface area contributed by atoms with Gasteiger partial charge >= 0.3 is 0 Å². The molecule has 0 radical (unpaired) electrons. The van der Waals surface area contributed by atoms with Crippen molar-refractivity contribution in [3.63, 3.8) is 0 Å². The van der Waals surface area contributed by atoms with E-state index in [0.717, 1.165) is 30.9 Å². The molecule has 0 bridgehead atoms. The third-order valence-electron chi connectivity index (χ3n) is 3.58. The van der Waals surface area contributed by atoms with Crippen LogP contribution in [0.5, 0.6) is 0 Å². The van der Waals surface area contributed by atoms with Crippen LogP contribution in [-0.4, -0.2) is 20.8 Å². The van der Waals surface area contributed by atoms with Crippen molar-refractivity contribution in [2.75, 3.05) is 0 Å². The quantitative estimate of drug-likeness (QED) is 0.873. The van der Waals surface area contributed by atoms with Gasteiger partial charge in [-0.25, -0.2) is 4.98 Å². The van der Waals surface area contributed by atoms with E-state index in [4.69, 9.17) is 10.7 Å². The Balaban J connectivity index is 2.16. The third-order valence-corrected chi connectivity index (χ3v) is 3.58. The molecular formula is C13H24N4. The molecule has 2 unspecified atom stereocenters. The monoisotopic (exact) mass is 236 g/mol. The number of nitrogens with zero attached hydrogens (tertiary/aromatic N) is 3. The Morgan fingerprint density at radius 2 is 2.06 bits per heavy atom. The molecule has 17 heavy (non-hydrogen) atoms. The lowest BCUT2D eigenvalue weighted by Gasteiger charge is -2.27. The van der Waals surface area contributed by atoms with E-state index in [2.05, 4.69) is 18.9 Å². The predicted molar refractivity (Wildman–Crippen MR) is 68.7 cm³/mol. The summed E-state index contributed by atoms with van der Waals surface area (Å²) >= 11 is 0. The van der Waals surface area contributed by atoms with Gasteiger partial charge in [0.1, 0.15) is 5.82 Å². The van der Waals surface area contributed by atoms with Crippen LogP contribution in [0.4, 0.5) is 0 Å². The van der Waals surface area contributed by atoms with Crippen molar-refractivity contribution >= 4 is 0 Å². The first-order valence-electron chi connectivity index (χ1n) is 6.73. The topological polar surface area (TPSA) is 56.7 Å². The zero-order valence-corrected chi connectivity index (χ0v) is 11.2. The van der Waals surface area contributed by atoms with Gasteiger partial charge in [-0.3, -0.25) is 4.68 Å². The second kappa shape index (κ2) is 5.17. The second-order valence-corrected chi connectivity index (χ2v) is 5.66. The molecule has 4 heteroatoms. The highest BCUT2D eigenvalue weighted by Gasteiger charge is 2.27. The number of nitrogens with two attached hydrogens (primary N) is 1. The van der Waals surface area contributed by atoms with Gasteiger partial charge in [0.15, 0.2) is 5.82 Å². The molecule has 1 aliphatic rings. The molecule has 1 aromatic rings. The van der Waals surface area contributed by atoms with Crippen LogP contribution in [0.3, 0.4) is 0 Å². The lowest BCUT2D eigenvalue weighted by Crippen LogP contribution is -2.33. The third kappa shape index (κ3) is 2.86. The smallest absolute Gasteiger partial charge is 0.151 e. The summed E-state index contributed by atoms with van der Waals surface area (Å²) in [6.07, 6.45) is 5.76. The second-order valence-electron chi connectivity index (χ2n) is 5.66. The average molecular weight is 236 g/mol. The fourth-order valence-corrected chi connectivity index (χ4v) is 2.71. The summed E-state index contributed by atoms with van der Waals surface area (Å²) in [5.74, 6) is 3.07. The molecule has 0 spiro atoms. The number of rotatable bonds is 3. The fourth-order valence-electron chi connectivity index (χ4n) is 2.71. The first kappa shape index (κ1) is 12.6. The Morgan fingerprint density at radius 1 is 1.35 bits per heavy atom. The SMILES string of the molecule is CC(C)Cc1nc(C2CCCCC2N)n(C)n1. The molecule has 1 aromatic heterocycles. The summed E-state index contributed by atoms with van der Waals surface area (Å²) in [5.41, 5.74) is 6.21. The van der Waals surface area contributed by atoms with Crippen molar-refractivity contribution in [3.8, 4) is 0 Å². The van der Waals surface area contributed by atoms with Crippen LogP contribution in [0.15, 0.2) is 0 Å². The predicted octanol–water partition coefficient (Wildman–Crippen LogP) is 2.00. The highest BCUT2D eigenvalue weighted by Crippen LogP contribution is 2.30. The van der Waals surface area contributed by atoms with Crippen LogP contribution in [0, 0.1) is 5.92 Å². The van der Waals surface area contributed by atoms with Gasteiger partial charge in [-0.15, -0.1) is 0 Å². The Morgan fingerprint density at radius 3 is 2.71 bits per heavy atom. The summed E-state index contributed by atoms with van der Waals surface area (Å²) in [6, 6.07) is 0.263. The zero-order valence-electron chi connectivity index (χ0n) is 11.2. The molecule has 4 nitrogen and oxygen atoms in total. The molecule has 2 N–H and O–H groups in total. The van der Waals surface area contributed by atoms with E-state index >= 15 is 0 Å². The zero-order chi connectivity index (χ0) is 12.4. The molecule has 1 heterocycles. The van der Waals surface area contributed by atoms with Gasteiger partial charge in [0.05, 0.1) is 0 Å². The van der Waals surface area contributed by atoms with Gasteiger partial charge in [0.2, 0.25) is 0 Å². The van der Waals surface area contributed by atoms with Crippen molar-refractivity contribution in [1.29, 1.82) is 0 Å². The van der Waals surface area contributed by atoms with Crippen LogP contribution in [0.2, 0.25) is 0 Å². The first-order chi connectivity index (χ1) is 8.08. The van der Waals surface area contributed by atoms with E-state index in [9.17, 15) is 0 Å². The summed E-state index contributed by atoms with van der Waals surface area (Å²) in [4.78, 5) is 4.70. The Hall–Kier alpha value is -0.900. The van der Waals surface area contributed by atoms with Gasteiger partial charge in [-0.2, -0.15) is 5.10 Å². The number of hydrogen-bond donors (Lipinski definition) is 1. The standard InChI is InChI=1S/C13H24N4/c1-9(2)8-12-15-13(17(3)16-12)10-6-4-5-7-11(10)14/h9-11H,4-8,14H2,1-3H3. The molecule has 1 aliphatic carbocycles. The molecule has 0 aliphatic heterocycles. The number of hydrogen-bond acceptors (Lipinski definition) is 3. The molecule has 1 saturated carbocycles. The van der Waals surface area contributed by atoms with Crippen molar-refractivity contribution in [2.45, 2.75) is 57.9 Å². The van der Waals surface area contributed by atoms with E-state index in [1.807, 2.05) is 11.7 Å². The average Bonchev–Trinajstić information content (AvgIpc) is 2.59. The van der Waals surface area contributed by atoms with Crippen LogP contribution in [-0.2, 0) is 13.5 Å². The van der Waals surface area contributed by atoms with E-state index in [1.165, 1.54) is 12.8 Å². The van der Waals surface area contributed by atoms with Gasteiger partial charge in [-0.05, 0) is 18.8 Å². The van der Waals surface area contributed by atoms with Gasteiger partial charge in [0, 0.05) is 25.4 Å². The highest BCUT2D eigenvalue weighted by atomic mass is 15.3. The van der Waals surface area contributed by atoms with Crippen LogP contribution >= 0.6 is 0 Å². The van der Waals surface area contributed by atoms with E-state index in [-0.39, 0.29) is 6.04 Å². The summed E-state index contributed by atoms with van der Waals surface area (Å²) in [6.45, 7) is 4.39. The molecule has 2 atom stereocenters. The van der Waals surface area contributed by atoms with Gasteiger partial charge in [-0.1, -0.05) is 26.7 Å². The van der Waals surface area contributed by atoms with Crippen molar-refractivity contribution in [2.24, 2.45) is 18.7 Å². The minimum absolute atomic E-state index is 0.263. The van der Waals surface area contributed by atoms with E-state index < -0.39 is 0 Å². The Labute approximate surface area is 104 Å². The van der Waals surface area contributed by atoms with Crippen LogP contribution in [0.25, 0.3) is 0 Å². The van der Waals surface area contributed by atoms with Crippen LogP contribution in [0.1, 0.15) is 57.1 Å². The highest BCUT2D eigenvalue weighted by molar-refractivity contribution is 5.05. The maximum atomic E-state index is 6.21. The minimum Gasteiger partial charge on any atom is -0.327 e. The Bertz CT molecular complexity index is 369.